The summed E-state index contributed by atoms with van der Waals surface area (Å²) in [6, 6.07) is 12.6. The second-order valence-electron chi connectivity index (χ2n) is 3.94. The van der Waals surface area contributed by atoms with Crippen LogP contribution in [0.5, 0.6) is 0 Å². The molecular formula is C14H11Br2NO2. The van der Waals surface area contributed by atoms with E-state index in [2.05, 4.69) is 31.9 Å². The highest BCUT2D eigenvalue weighted by atomic mass is 79.9. The summed E-state index contributed by atoms with van der Waals surface area (Å²) in [5, 5.41) is 0. The molecule has 0 aromatic heterocycles. The normalized spacial score (nSPS) is 10.2. The maximum absolute atomic E-state index is 11.9. The Labute approximate surface area is 128 Å². The fourth-order valence-corrected chi connectivity index (χ4v) is 2.48. The summed E-state index contributed by atoms with van der Waals surface area (Å²) in [6.45, 7) is 0.215. The SMILES string of the molecule is Nc1cc(Br)cc(C(=O)OCc2ccccc2Br)c1. The number of carbonyl (C=O) groups excluding carboxylic acids is 1. The summed E-state index contributed by atoms with van der Waals surface area (Å²) in [4.78, 5) is 11.9. The number of nitrogens with two attached hydrogens (primary N) is 1. The van der Waals surface area contributed by atoms with Crippen molar-refractivity contribution in [3.63, 3.8) is 0 Å². The van der Waals surface area contributed by atoms with Crippen LogP contribution in [0.25, 0.3) is 0 Å². The van der Waals surface area contributed by atoms with Gasteiger partial charge in [0.2, 0.25) is 0 Å². The number of hydrogen-bond acceptors (Lipinski definition) is 3. The molecule has 0 aliphatic heterocycles. The Bertz CT molecular complexity index is 594. The second kappa shape index (κ2) is 6.21. The Morgan fingerprint density at radius 3 is 2.58 bits per heavy atom. The van der Waals surface area contributed by atoms with Crippen LogP contribution >= 0.6 is 31.9 Å². The molecule has 0 aliphatic carbocycles. The molecule has 0 heterocycles. The molecule has 3 nitrogen and oxygen atoms in total. The van der Waals surface area contributed by atoms with Gasteiger partial charge in [-0.3, -0.25) is 0 Å². The van der Waals surface area contributed by atoms with Gasteiger partial charge in [0.25, 0.3) is 0 Å². The molecule has 19 heavy (non-hydrogen) atoms. The number of rotatable bonds is 3. The Hall–Kier alpha value is -1.33. The highest BCUT2D eigenvalue weighted by molar-refractivity contribution is 9.10. The molecule has 0 unspecified atom stereocenters. The van der Waals surface area contributed by atoms with Crippen LogP contribution in [-0.4, -0.2) is 5.97 Å². The van der Waals surface area contributed by atoms with Crippen molar-refractivity contribution in [1.29, 1.82) is 0 Å². The van der Waals surface area contributed by atoms with Crippen molar-refractivity contribution in [2.45, 2.75) is 6.61 Å². The smallest absolute Gasteiger partial charge is 0.338 e. The van der Waals surface area contributed by atoms with Crippen LogP contribution in [0.2, 0.25) is 0 Å². The number of carbonyl (C=O) groups is 1. The first-order valence-corrected chi connectivity index (χ1v) is 7.11. The lowest BCUT2D eigenvalue weighted by Gasteiger charge is -2.07. The van der Waals surface area contributed by atoms with Crippen LogP contribution in [-0.2, 0) is 11.3 Å². The van der Waals surface area contributed by atoms with Gasteiger partial charge in [-0.15, -0.1) is 0 Å². The third-order valence-corrected chi connectivity index (χ3v) is 3.70. The lowest BCUT2D eigenvalue weighted by atomic mass is 10.2. The zero-order valence-corrected chi connectivity index (χ0v) is 13.1. The van der Waals surface area contributed by atoms with E-state index in [1.807, 2.05) is 24.3 Å². The van der Waals surface area contributed by atoms with Crippen molar-refractivity contribution in [2.24, 2.45) is 0 Å². The summed E-state index contributed by atoms with van der Waals surface area (Å²) in [7, 11) is 0. The highest BCUT2D eigenvalue weighted by Crippen LogP contribution is 2.20. The number of halogens is 2. The van der Waals surface area contributed by atoms with E-state index in [1.54, 1.807) is 18.2 Å². The Morgan fingerprint density at radius 2 is 1.89 bits per heavy atom. The quantitative estimate of drug-likeness (QED) is 0.638. The van der Waals surface area contributed by atoms with Gasteiger partial charge in [0.15, 0.2) is 0 Å². The molecule has 2 rings (SSSR count). The number of nitrogen functional groups attached to an aromatic ring is 1. The second-order valence-corrected chi connectivity index (χ2v) is 5.71. The van der Waals surface area contributed by atoms with Crippen LogP contribution in [0.15, 0.2) is 51.4 Å². The molecule has 2 aromatic carbocycles. The summed E-state index contributed by atoms with van der Waals surface area (Å²) >= 11 is 6.70. The minimum absolute atomic E-state index is 0.215. The van der Waals surface area contributed by atoms with Gasteiger partial charge in [-0.1, -0.05) is 50.1 Å². The van der Waals surface area contributed by atoms with E-state index < -0.39 is 5.97 Å². The minimum Gasteiger partial charge on any atom is -0.457 e. The fourth-order valence-electron chi connectivity index (χ4n) is 1.57. The summed E-state index contributed by atoms with van der Waals surface area (Å²) in [5.41, 5.74) is 7.54. The van der Waals surface area contributed by atoms with Crippen molar-refractivity contribution >= 4 is 43.5 Å². The van der Waals surface area contributed by atoms with E-state index in [0.29, 0.717) is 11.3 Å². The van der Waals surface area contributed by atoms with Crippen LogP contribution < -0.4 is 5.73 Å². The lowest BCUT2D eigenvalue weighted by Crippen LogP contribution is -2.06. The number of anilines is 1. The van der Waals surface area contributed by atoms with Crippen LogP contribution in [0.3, 0.4) is 0 Å². The Balaban J connectivity index is 2.08. The van der Waals surface area contributed by atoms with Gasteiger partial charge in [-0.05, 0) is 24.3 Å². The third-order valence-electron chi connectivity index (χ3n) is 2.47. The zero-order chi connectivity index (χ0) is 13.8. The first kappa shape index (κ1) is 14.1. The van der Waals surface area contributed by atoms with Crippen molar-refractivity contribution in [2.75, 3.05) is 5.73 Å². The highest BCUT2D eigenvalue weighted by Gasteiger charge is 2.10. The number of hydrogen-bond donors (Lipinski definition) is 1. The largest absolute Gasteiger partial charge is 0.457 e. The molecule has 0 amide bonds. The molecule has 5 heteroatoms. The molecule has 0 saturated heterocycles. The molecule has 0 spiro atoms. The van der Waals surface area contributed by atoms with Gasteiger partial charge < -0.3 is 10.5 Å². The molecule has 2 aromatic rings. The molecular weight excluding hydrogens is 374 g/mol. The van der Waals surface area contributed by atoms with Crippen LogP contribution in [0.1, 0.15) is 15.9 Å². The Kier molecular flexibility index (Phi) is 4.61. The van der Waals surface area contributed by atoms with E-state index in [4.69, 9.17) is 10.5 Å². The molecule has 0 aliphatic rings. The van der Waals surface area contributed by atoms with E-state index in [-0.39, 0.29) is 6.61 Å². The van der Waals surface area contributed by atoms with Crippen molar-refractivity contribution in [3.05, 3.63) is 62.5 Å². The average molecular weight is 385 g/mol. The van der Waals surface area contributed by atoms with E-state index in [1.165, 1.54) is 0 Å². The monoisotopic (exact) mass is 383 g/mol. The molecule has 2 N–H and O–H groups in total. The minimum atomic E-state index is -0.399. The maximum atomic E-state index is 11.9. The summed E-state index contributed by atoms with van der Waals surface area (Å²) < 4.78 is 6.92. The van der Waals surface area contributed by atoms with Crippen molar-refractivity contribution in [3.8, 4) is 0 Å². The number of benzene rings is 2. The van der Waals surface area contributed by atoms with Crippen LogP contribution in [0.4, 0.5) is 5.69 Å². The molecule has 0 radical (unpaired) electrons. The van der Waals surface area contributed by atoms with Crippen LogP contribution in [0, 0.1) is 0 Å². The van der Waals surface area contributed by atoms with Crippen molar-refractivity contribution in [1.82, 2.24) is 0 Å². The number of esters is 1. The lowest BCUT2D eigenvalue weighted by molar-refractivity contribution is 0.0472. The Morgan fingerprint density at radius 1 is 1.16 bits per heavy atom. The topological polar surface area (TPSA) is 52.3 Å². The van der Waals surface area contributed by atoms with E-state index in [0.717, 1.165) is 14.5 Å². The predicted octanol–water partition coefficient (Wildman–Crippen LogP) is 4.15. The van der Waals surface area contributed by atoms with Gasteiger partial charge in [0.1, 0.15) is 6.61 Å². The van der Waals surface area contributed by atoms with E-state index in [9.17, 15) is 4.79 Å². The van der Waals surface area contributed by atoms with E-state index >= 15 is 0 Å². The predicted molar refractivity (Wildman–Crippen MR) is 81.8 cm³/mol. The zero-order valence-electron chi connectivity index (χ0n) is 9.90. The first-order valence-electron chi connectivity index (χ1n) is 5.53. The average Bonchev–Trinajstić information content (AvgIpc) is 2.36. The molecule has 0 saturated carbocycles. The molecule has 98 valence electrons. The summed E-state index contributed by atoms with van der Waals surface area (Å²) in [6.07, 6.45) is 0. The maximum Gasteiger partial charge on any atom is 0.338 e. The molecule has 0 atom stereocenters. The van der Waals surface area contributed by atoms with Gasteiger partial charge >= 0.3 is 5.97 Å². The standard InChI is InChI=1S/C14H11Br2NO2/c15-11-5-10(6-12(17)7-11)14(18)19-8-9-3-1-2-4-13(9)16/h1-7H,8,17H2. The van der Waals surface area contributed by atoms with Gasteiger partial charge in [-0.25, -0.2) is 4.79 Å². The van der Waals surface area contributed by atoms with Gasteiger partial charge in [-0.2, -0.15) is 0 Å². The fraction of sp³-hybridized carbons (Fsp3) is 0.0714. The first-order chi connectivity index (χ1) is 9.06. The third kappa shape index (κ3) is 3.81. The van der Waals surface area contributed by atoms with Crippen molar-refractivity contribution < 1.29 is 9.53 Å². The molecule has 0 bridgehead atoms. The molecule has 0 fully saturated rings. The van der Waals surface area contributed by atoms with Gasteiger partial charge in [0, 0.05) is 20.2 Å². The summed E-state index contributed by atoms with van der Waals surface area (Å²) in [5.74, 6) is -0.399. The number of ether oxygens (including phenoxy) is 1. The van der Waals surface area contributed by atoms with Gasteiger partial charge in [0.05, 0.1) is 5.56 Å².